The molecule has 1 heterocycles. The Kier molecular flexibility index (Phi) is 5.92. The number of anilines is 1. The lowest BCUT2D eigenvalue weighted by Crippen LogP contribution is -2.38. The number of hydrogen-bond donors (Lipinski definition) is 4. The standard InChI is InChI=1S/C13H21N5O2/c1-8(2)6-15-12(19)7-16-13(20)10-4-9(3)17-11(5-10)18-14/h4-5,8H,6-7,14H2,1-3H3,(H,15,19)(H,16,20)(H,17,18). The highest BCUT2D eigenvalue weighted by atomic mass is 16.2. The average Bonchev–Trinajstić information content (AvgIpc) is 2.41. The number of aryl methyl sites for hydroxylation is 1. The van der Waals surface area contributed by atoms with Gasteiger partial charge in [0.25, 0.3) is 5.91 Å². The van der Waals surface area contributed by atoms with Crippen molar-refractivity contribution < 1.29 is 9.59 Å². The van der Waals surface area contributed by atoms with Crippen LogP contribution in [0, 0.1) is 12.8 Å². The van der Waals surface area contributed by atoms with Gasteiger partial charge in [-0.05, 0) is 25.0 Å². The summed E-state index contributed by atoms with van der Waals surface area (Å²) in [6, 6.07) is 3.15. The van der Waals surface area contributed by atoms with Gasteiger partial charge in [-0.3, -0.25) is 9.59 Å². The third-order valence-corrected chi connectivity index (χ3v) is 2.48. The average molecular weight is 279 g/mol. The summed E-state index contributed by atoms with van der Waals surface area (Å²) in [6.07, 6.45) is 0. The van der Waals surface area contributed by atoms with Crippen LogP contribution in [0.25, 0.3) is 0 Å². The van der Waals surface area contributed by atoms with Crippen LogP contribution in [0.5, 0.6) is 0 Å². The zero-order valence-electron chi connectivity index (χ0n) is 12.0. The van der Waals surface area contributed by atoms with Gasteiger partial charge in [0.15, 0.2) is 0 Å². The molecule has 0 spiro atoms. The van der Waals surface area contributed by atoms with Crippen LogP contribution in [0.15, 0.2) is 12.1 Å². The van der Waals surface area contributed by atoms with E-state index in [1.165, 1.54) is 6.07 Å². The number of hydrazine groups is 1. The monoisotopic (exact) mass is 279 g/mol. The highest BCUT2D eigenvalue weighted by Crippen LogP contribution is 2.08. The topological polar surface area (TPSA) is 109 Å². The predicted molar refractivity (Wildman–Crippen MR) is 77.0 cm³/mol. The van der Waals surface area contributed by atoms with Crippen molar-refractivity contribution in [3.05, 3.63) is 23.4 Å². The molecule has 7 nitrogen and oxygen atoms in total. The maximum atomic E-state index is 11.9. The molecule has 1 rings (SSSR count). The van der Waals surface area contributed by atoms with Crippen molar-refractivity contribution in [2.24, 2.45) is 11.8 Å². The number of hydrogen-bond acceptors (Lipinski definition) is 5. The Morgan fingerprint density at radius 3 is 2.60 bits per heavy atom. The summed E-state index contributed by atoms with van der Waals surface area (Å²) in [5, 5.41) is 5.28. The molecule has 0 aromatic carbocycles. The SMILES string of the molecule is Cc1cc(C(=O)NCC(=O)NCC(C)C)cc(NN)n1. The van der Waals surface area contributed by atoms with Gasteiger partial charge >= 0.3 is 0 Å². The Bertz CT molecular complexity index is 488. The van der Waals surface area contributed by atoms with E-state index < -0.39 is 0 Å². The molecule has 0 radical (unpaired) electrons. The lowest BCUT2D eigenvalue weighted by molar-refractivity contribution is -0.120. The maximum Gasteiger partial charge on any atom is 0.251 e. The van der Waals surface area contributed by atoms with Crippen LogP contribution in [0.4, 0.5) is 5.82 Å². The van der Waals surface area contributed by atoms with Crippen LogP contribution in [-0.2, 0) is 4.79 Å². The summed E-state index contributed by atoms with van der Waals surface area (Å²) in [5.74, 6) is 5.49. The number of nitrogens with one attached hydrogen (secondary N) is 3. The third-order valence-electron chi connectivity index (χ3n) is 2.48. The summed E-state index contributed by atoms with van der Waals surface area (Å²) < 4.78 is 0. The molecule has 1 aromatic rings. The Balaban J connectivity index is 2.54. The fourth-order valence-electron chi connectivity index (χ4n) is 1.52. The highest BCUT2D eigenvalue weighted by molar-refractivity contribution is 5.97. The molecule has 0 saturated carbocycles. The number of carbonyl (C=O) groups is 2. The molecule has 0 fully saturated rings. The molecule has 2 amide bonds. The van der Waals surface area contributed by atoms with Gasteiger partial charge in [0.1, 0.15) is 5.82 Å². The summed E-state index contributed by atoms with van der Waals surface area (Å²) in [7, 11) is 0. The van der Waals surface area contributed by atoms with Gasteiger partial charge in [-0.15, -0.1) is 0 Å². The molecule has 0 aliphatic heterocycles. The van der Waals surface area contributed by atoms with Crippen LogP contribution in [-0.4, -0.2) is 29.9 Å². The van der Waals surface area contributed by atoms with E-state index in [4.69, 9.17) is 5.84 Å². The molecule has 0 saturated heterocycles. The first-order valence-corrected chi connectivity index (χ1v) is 6.42. The third kappa shape index (κ3) is 5.23. The van der Waals surface area contributed by atoms with Gasteiger partial charge in [0.2, 0.25) is 5.91 Å². The second-order valence-corrected chi connectivity index (χ2v) is 4.91. The van der Waals surface area contributed by atoms with E-state index in [-0.39, 0.29) is 18.4 Å². The number of rotatable bonds is 6. The Morgan fingerprint density at radius 2 is 2.00 bits per heavy atom. The van der Waals surface area contributed by atoms with Gasteiger partial charge in [-0.25, -0.2) is 10.8 Å². The van der Waals surface area contributed by atoms with E-state index in [0.717, 1.165) is 0 Å². The van der Waals surface area contributed by atoms with Gasteiger partial charge < -0.3 is 16.1 Å². The van der Waals surface area contributed by atoms with Crippen molar-refractivity contribution in [3.8, 4) is 0 Å². The minimum atomic E-state index is -0.341. The van der Waals surface area contributed by atoms with Crippen LogP contribution in [0.3, 0.4) is 0 Å². The van der Waals surface area contributed by atoms with Gasteiger partial charge in [0.05, 0.1) is 6.54 Å². The van der Waals surface area contributed by atoms with Crippen LogP contribution < -0.4 is 21.9 Å². The normalized spacial score (nSPS) is 10.2. The number of nitrogens with two attached hydrogens (primary N) is 1. The molecule has 7 heteroatoms. The first-order chi connectivity index (χ1) is 9.42. The number of nitrogens with zero attached hydrogens (tertiary/aromatic N) is 1. The van der Waals surface area contributed by atoms with Crippen molar-refractivity contribution in [2.75, 3.05) is 18.5 Å². The maximum absolute atomic E-state index is 11.9. The summed E-state index contributed by atoms with van der Waals surface area (Å²) >= 11 is 0. The minimum absolute atomic E-state index is 0.0572. The highest BCUT2D eigenvalue weighted by Gasteiger charge is 2.10. The quantitative estimate of drug-likeness (QED) is 0.438. The van der Waals surface area contributed by atoms with Gasteiger partial charge in [-0.2, -0.15) is 0 Å². The largest absolute Gasteiger partial charge is 0.354 e. The van der Waals surface area contributed by atoms with E-state index in [2.05, 4.69) is 21.0 Å². The zero-order valence-corrected chi connectivity index (χ0v) is 12.0. The van der Waals surface area contributed by atoms with Gasteiger partial charge in [-0.1, -0.05) is 13.8 Å². The lowest BCUT2D eigenvalue weighted by Gasteiger charge is -2.09. The first-order valence-electron chi connectivity index (χ1n) is 6.42. The molecule has 110 valence electrons. The predicted octanol–water partition coefficient (Wildman–Crippen LogP) is 0.178. The van der Waals surface area contributed by atoms with Crippen LogP contribution >= 0.6 is 0 Å². The molecule has 0 bridgehead atoms. The molecular formula is C13H21N5O2. The number of carbonyl (C=O) groups excluding carboxylic acids is 2. The summed E-state index contributed by atoms with van der Waals surface area (Å²) in [4.78, 5) is 27.5. The minimum Gasteiger partial charge on any atom is -0.354 e. The molecule has 1 aromatic heterocycles. The molecule has 0 aliphatic carbocycles. The fourth-order valence-corrected chi connectivity index (χ4v) is 1.52. The van der Waals surface area contributed by atoms with Crippen molar-refractivity contribution in [3.63, 3.8) is 0 Å². The number of pyridine rings is 1. The molecule has 0 unspecified atom stereocenters. The number of amides is 2. The lowest BCUT2D eigenvalue weighted by atomic mass is 10.2. The van der Waals surface area contributed by atoms with E-state index in [1.807, 2.05) is 13.8 Å². The van der Waals surface area contributed by atoms with E-state index in [1.54, 1.807) is 13.0 Å². The first kappa shape index (κ1) is 15.9. The zero-order chi connectivity index (χ0) is 15.1. The fraction of sp³-hybridized carbons (Fsp3) is 0.462. The summed E-state index contributed by atoms with van der Waals surface area (Å²) in [5.41, 5.74) is 3.46. The van der Waals surface area contributed by atoms with E-state index in [9.17, 15) is 9.59 Å². The number of nitrogen functional groups attached to an aromatic ring is 1. The molecule has 0 aliphatic rings. The van der Waals surface area contributed by atoms with Crippen LogP contribution in [0.1, 0.15) is 29.9 Å². The van der Waals surface area contributed by atoms with Crippen LogP contribution in [0.2, 0.25) is 0 Å². The molecule has 20 heavy (non-hydrogen) atoms. The Labute approximate surface area is 118 Å². The molecule has 0 atom stereocenters. The van der Waals surface area contributed by atoms with E-state index in [0.29, 0.717) is 29.5 Å². The van der Waals surface area contributed by atoms with Crippen molar-refractivity contribution in [1.82, 2.24) is 15.6 Å². The molecular weight excluding hydrogens is 258 g/mol. The van der Waals surface area contributed by atoms with Crippen molar-refractivity contribution in [1.29, 1.82) is 0 Å². The van der Waals surface area contributed by atoms with Crippen molar-refractivity contribution in [2.45, 2.75) is 20.8 Å². The summed E-state index contributed by atoms with van der Waals surface area (Å²) in [6.45, 7) is 6.29. The van der Waals surface area contributed by atoms with E-state index >= 15 is 0 Å². The number of aromatic nitrogens is 1. The van der Waals surface area contributed by atoms with Gasteiger partial charge in [0, 0.05) is 17.8 Å². The Morgan fingerprint density at radius 1 is 1.30 bits per heavy atom. The Hall–Kier alpha value is -2.15. The van der Waals surface area contributed by atoms with Crippen molar-refractivity contribution >= 4 is 17.6 Å². The smallest absolute Gasteiger partial charge is 0.251 e. The molecule has 5 N–H and O–H groups in total. The second kappa shape index (κ2) is 7.44. The second-order valence-electron chi connectivity index (χ2n) is 4.91.